The van der Waals surface area contributed by atoms with Crippen molar-refractivity contribution in [2.45, 2.75) is 51.0 Å². The van der Waals surface area contributed by atoms with E-state index in [2.05, 4.69) is 10.6 Å². The minimum atomic E-state index is -0.217. The van der Waals surface area contributed by atoms with Crippen LogP contribution in [0.3, 0.4) is 0 Å². The van der Waals surface area contributed by atoms with Crippen LogP contribution in [0.15, 0.2) is 63.8 Å². The maximum atomic E-state index is 13.1. The molecule has 9 heteroatoms. The summed E-state index contributed by atoms with van der Waals surface area (Å²) >= 11 is 0. The summed E-state index contributed by atoms with van der Waals surface area (Å²) < 4.78 is 11.2. The molecule has 1 aliphatic carbocycles. The lowest BCUT2D eigenvalue weighted by Gasteiger charge is -2.33. The number of fused-ring (bicyclic) bond motifs is 1. The Bertz CT molecular complexity index is 1410. The van der Waals surface area contributed by atoms with E-state index in [0.717, 1.165) is 25.7 Å². The van der Waals surface area contributed by atoms with Gasteiger partial charge in [0.2, 0.25) is 5.91 Å². The van der Waals surface area contributed by atoms with Gasteiger partial charge in [0.25, 0.3) is 0 Å². The van der Waals surface area contributed by atoms with Crippen LogP contribution in [0.5, 0.6) is 0 Å². The van der Waals surface area contributed by atoms with Crippen LogP contribution in [0.4, 0.5) is 10.5 Å². The van der Waals surface area contributed by atoms with Crippen LogP contribution in [0.25, 0.3) is 33.9 Å². The number of carbonyl (C=O) groups is 2. The molecule has 3 amide bonds. The number of carbonyl (C=O) groups excluding carboxylic acids is 2. The molecule has 4 heterocycles. The Morgan fingerprint density at radius 1 is 0.842 bits per heavy atom. The predicted octanol–water partition coefficient (Wildman–Crippen LogP) is 5.84. The van der Waals surface area contributed by atoms with E-state index in [1.54, 1.807) is 35.6 Å². The summed E-state index contributed by atoms with van der Waals surface area (Å²) in [5.74, 6) is 1.07. The number of nitrogens with zero attached hydrogens (tertiary/aromatic N) is 3. The Morgan fingerprint density at radius 3 is 2.24 bits per heavy atom. The number of piperidine rings is 1. The summed E-state index contributed by atoms with van der Waals surface area (Å²) in [6, 6.07) is 12.8. The molecule has 38 heavy (non-hydrogen) atoms. The fraction of sp³-hybridized carbons (Fsp3) is 0.379. The Morgan fingerprint density at radius 2 is 1.55 bits per heavy atom. The highest BCUT2D eigenvalue weighted by molar-refractivity contribution is 5.93. The third-order valence-electron chi connectivity index (χ3n) is 7.46. The maximum Gasteiger partial charge on any atom is 0.321 e. The van der Waals surface area contributed by atoms with Crippen LogP contribution >= 0.6 is 0 Å². The molecule has 1 aliphatic heterocycles. The maximum absolute atomic E-state index is 13.1. The lowest BCUT2D eigenvalue weighted by molar-refractivity contribution is -0.127. The van der Waals surface area contributed by atoms with Crippen molar-refractivity contribution in [1.82, 2.24) is 20.2 Å². The van der Waals surface area contributed by atoms with Crippen LogP contribution in [0.1, 0.15) is 44.9 Å². The van der Waals surface area contributed by atoms with Gasteiger partial charge in [-0.2, -0.15) is 0 Å². The number of likely N-dealkylation sites (tertiary alicyclic amines) is 1. The number of furan rings is 2. The Hall–Kier alpha value is -4.14. The quantitative estimate of drug-likeness (QED) is 0.346. The Labute approximate surface area is 220 Å². The fourth-order valence-electron chi connectivity index (χ4n) is 5.45. The molecule has 1 unspecified atom stereocenters. The Balaban J connectivity index is 1.18. The summed E-state index contributed by atoms with van der Waals surface area (Å²) in [4.78, 5) is 37.3. The summed E-state index contributed by atoms with van der Waals surface area (Å²) in [7, 11) is 0. The van der Waals surface area contributed by atoms with E-state index < -0.39 is 0 Å². The normalized spacial score (nSPS) is 18.4. The molecule has 3 aromatic heterocycles. The third-order valence-corrected chi connectivity index (χ3v) is 7.46. The van der Waals surface area contributed by atoms with E-state index in [9.17, 15) is 9.59 Å². The van der Waals surface area contributed by atoms with Crippen LogP contribution < -0.4 is 10.6 Å². The first-order chi connectivity index (χ1) is 18.6. The van der Waals surface area contributed by atoms with Crippen LogP contribution in [-0.4, -0.2) is 45.9 Å². The SMILES string of the molecule is O=C(NC1CCCCC1)C1CCCN(C(=O)Nc2ccc3nc(-c4ccco4)c(-c4ccco4)nc3c2)C1. The van der Waals surface area contributed by atoms with Crippen molar-refractivity contribution >= 4 is 28.7 Å². The number of benzene rings is 1. The summed E-state index contributed by atoms with van der Waals surface area (Å²) in [6.45, 7) is 1.05. The van der Waals surface area contributed by atoms with Crippen LogP contribution in [0, 0.1) is 5.92 Å². The predicted molar refractivity (Wildman–Crippen MR) is 143 cm³/mol. The summed E-state index contributed by atoms with van der Waals surface area (Å²) in [6.07, 6.45) is 10.5. The Kier molecular flexibility index (Phi) is 6.81. The van der Waals surface area contributed by atoms with Gasteiger partial charge in [-0.05, 0) is 68.1 Å². The number of amides is 3. The van der Waals surface area contributed by atoms with Gasteiger partial charge in [-0.25, -0.2) is 14.8 Å². The molecule has 1 aromatic carbocycles. The first kappa shape index (κ1) is 24.2. The van der Waals surface area contributed by atoms with Crippen molar-refractivity contribution in [2.24, 2.45) is 5.92 Å². The summed E-state index contributed by atoms with van der Waals surface area (Å²) in [5, 5.41) is 6.21. The molecule has 1 saturated carbocycles. The molecular weight excluding hydrogens is 482 g/mol. The number of nitrogens with one attached hydrogen (secondary N) is 2. The van der Waals surface area contributed by atoms with E-state index >= 15 is 0 Å². The van der Waals surface area contributed by atoms with Gasteiger partial charge in [0.05, 0.1) is 29.5 Å². The smallest absolute Gasteiger partial charge is 0.321 e. The molecule has 0 spiro atoms. The molecule has 2 N–H and O–H groups in total. The average molecular weight is 514 g/mol. The van der Waals surface area contributed by atoms with Crippen molar-refractivity contribution in [2.75, 3.05) is 18.4 Å². The molecule has 0 bridgehead atoms. The lowest BCUT2D eigenvalue weighted by Crippen LogP contribution is -2.48. The third kappa shape index (κ3) is 5.14. The van der Waals surface area contributed by atoms with E-state index in [0.29, 0.717) is 52.7 Å². The zero-order chi connectivity index (χ0) is 25.9. The van der Waals surface area contributed by atoms with Crippen LogP contribution in [0.2, 0.25) is 0 Å². The molecule has 6 rings (SSSR count). The monoisotopic (exact) mass is 513 g/mol. The van der Waals surface area contributed by atoms with Gasteiger partial charge in [0, 0.05) is 24.8 Å². The van der Waals surface area contributed by atoms with Crippen molar-refractivity contribution in [3.05, 3.63) is 55.0 Å². The van der Waals surface area contributed by atoms with Crippen molar-refractivity contribution in [3.8, 4) is 22.9 Å². The fourth-order valence-corrected chi connectivity index (χ4v) is 5.45. The van der Waals surface area contributed by atoms with E-state index in [-0.39, 0.29) is 23.9 Å². The first-order valence-corrected chi connectivity index (χ1v) is 13.4. The second-order valence-electron chi connectivity index (χ2n) is 10.1. The van der Waals surface area contributed by atoms with Gasteiger partial charge >= 0.3 is 6.03 Å². The second-order valence-corrected chi connectivity index (χ2v) is 10.1. The zero-order valence-corrected chi connectivity index (χ0v) is 21.2. The minimum absolute atomic E-state index is 0.0770. The van der Waals surface area contributed by atoms with Gasteiger partial charge in [0.1, 0.15) is 11.4 Å². The molecule has 2 fully saturated rings. The van der Waals surface area contributed by atoms with Gasteiger partial charge < -0.3 is 24.4 Å². The minimum Gasteiger partial charge on any atom is -0.463 e. The lowest BCUT2D eigenvalue weighted by atomic mass is 9.93. The van der Waals surface area contributed by atoms with E-state index in [1.165, 1.54) is 19.3 Å². The first-order valence-electron chi connectivity index (χ1n) is 13.4. The number of hydrogen-bond donors (Lipinski definition) is 2. The van der Waals surface area contributed by atoms with E-state index in [4.69, 9.17) is 18.8 Å². The molecular formula is C29H31N5O4. The highest BCUT2D eigenvalue weighted by Crippen LogP contribution is 2.32. The van der Waals surface area contributed by atoms with E-state index in [1.807, 2.05) is 24.3 Å². The largest absolute Gasteiger partial charge is 0.463 e. The molecule has 2 aliphatic rings. The van der Waals surface area contributed by atoms with Gasteiger partial charge in [-0.1, -0.05) is 19.3 Å². The molecule has 0 radical (unpaired) electrons. The van der Waals surface area contributed by atoms with Crippen molar-refractivity contribution in [3.63, 3.8) is 0 Å². The molecule has 1 saturated heterocycles. The van der Waals surface area contributed by atoms with Gasteiger partial charge in [0.15, 0.2) is 11.5 Å². The average Bonchev–Trinajstić information content (AvgIpc) is 3.68. The second kappa shape index (κ2) is 10.7. The van der Waals surface area contributed by atoms with Gasteiger partial charge in [-0.3, -0.25) is 4.79 Å². The molecule has 4 aromatic rings. The summed E-state index contributed by atoms with van der Waals surface area (Å²) in [5.41, 5.74) is 3.04. The number of urea groups is 1. The van der Waals surface area contributed by atoms with Crippen LogP contribution in [-0.2, 0) is 4.79 Å². The standard InChI is InChI=1S/C29H31N5O4/c35-28(30-20-8-2-1-3-9-20)19-7-4-14-34(18-19)29(36)31-21-12-13-22-23(17-21)33-27(25-11-6-16-38-25)26(32-22)24-10-5-15-37-24/h5-6,10-13,15-17,19-20H,1-4,7-9,14,18H2,(H,30,35)(H,31,36). The highest BCUT2D eigenvalue weighted by atomic mass is 16.3. The highest BCUT2D eigenvalue weighted by Gasteiger charge is 2.30. The number of hydrogen-bond acceptors (Lipinski definition) is 6. The van der Waals surface area contributed by atoms with Crippen molar-refractivity contribution in [1.29, 1.82) is 0 Å². The molecule has 196 valence electrons. The number of aromatic nitrogens is 2. The van der Waals surface area contributed by atoms with Crippen molar-refractivity contribution < 1.29 is 18.4 Å². The zero-order valence-electron chi connectivity index (χ0n) is 21.2. The molecule has 1 atom stereocenters. The molecule has 9 nitrogen and oxygen atoms in total. The number of anilines is 1. The van der Waals surface area contributed by atoms with Gasteiger partial charge in [-0.15, -0.1) is 0 Å². The number of rotatable bonds is 5. The topological polar surface area (TPSA) is 114 Å².